The number of anilines is 1. The second kappa shape index (κ2) is 6.11. The van der Waals surface area contributed by atoms with E-state index in [4.69, 9.17) is 11.6 Å². The van der Waals surface area contributed by atoms with E-state index in [-0.39, 0.29) is 0 Å². The number of hydrogen-bond acceptors (Lipinski definition) is 4. The van der Waals surface area contributed by atoms with Crippen LogP contribution in [-0.2, 0) is 6.42 Å². The molecule has 3 nitrogen and oxygen atoms in total. The zero-order chi connectivity index (χ0) is 13.1. The van der Waals surface area contributed by atoms with E-state index in [9.17, 15) is 0 Å². The highest BCUT2D eigenvalue weighted by Gasteiger charge is 2.28. The van der Waals surface area contributed by atoms with Crippen molar-refractivity contribution < 1.29 is 0 Å². The van der Waals surface area contributed by atoms with Crippen molar-refractivity contribution in [2.24, 2.45) is 0 Å². The van der Waals surface area contributed by atoms with E-state index in [1.807, 2.05) is 11.8 Å². The first-order valence-electron chi connectivity index (χ1n) is 6.52. The molecule has 2 rings (SSSR count). The minimum Gasteiger partial charge on any atom is -0.352 e. The highest BCUT2D eigenvalue weighted by atomic mass is 35.5. The van der Waals surface area contributed by atoms with Gasteiger partial charge in [-0.25, -0.2) is 9.97 Å². The quantitative estimate of drug-likeness (QED) is 0.796. The molecule has 0 aromatic carbocycles. The Morgan fingerprint density at radius 3 is 2.94 bits per heavy atom. The fourth-order valence-electron chi connectivity index (χ4n) is 2.33. The molecule has 18 heavy (non-hydrogen) atoms. The van der Waals surface area contributed by atoms with Crippen molar-refractivity contribution in [1.82, 2.24) is 9.97 Å². The first kappa shape index (κ1) is 13.9. The van der Waals surface area contributed by atoms with Gasteiger partial charge in [-0.2, -0.15) is 11.8 Å². The highest BCUT2D eigenvalue weighted by Crippen LogP contribution is 2.32. The summed E-state index contributed by atoms with van der Waals surface area (Å²) in [7, 11) is 0. The first-order chi connectivity index (χ1) is 8.65. The van der Waals surface area contributed by atoms with Gasteiger partial charge in [0.05, 0.1) is 0 Å². The van der Waals surface area contributed by atoms with E-state index in [0.29, 0.717) is 16.4 Å². The Morgan fingerprint density at radius 1 is 1.44 bits per heavy atom. The molecule has 1 aliphatic rings. The van der Waals surface area contributed by atoms with Crippen LogP contribution in [0.3, 0.4) is 0 Å². The van der Waals surface area contributed by atoms with Crippen molar-refractivity contribution in [2.45, 2.75) is 44.9 Å². The molecule has 2 atom stereocenters. The molecule has 2 unspecified atom stereocenters. The summed E-state index contributed by atoms with van der Waals surface area (Å²) in [6.07, 6.45) is 3.59. The predicted octanol–water partition coefficient (Wildman–Crippen LogP) is 3.41. The summed E-state index contributed by atoms with van der Waals surface area (Å²) < 4.78 is 0. The van der Waals surface area contributed by atoms with Gasteiger partial charge in [-0.1, -0.05) is 31.9 Å². The van der Waals surface area contributed by atoms with Crippen LogP contribution in [0.2, 0.25) is 5.15 Å². The lowest BCUT2D eigenvalue weighted by Gasteiger charge is -2.39. The van der Waals surface area contributed by atoms with Gasteiger partial charge in [0, 0.05) is 29.2 Å². The number of halogens is 1. The maximum atomic E-state index is 6.23. The SMILES string of the molecule is CCCc1c(Cl)ncnc1N1CCSC(C)C1C. The Kier molecular flexibility index (Phi) is 4.73. The maximum Gasteiger partial charge on any atom is 0.137 e. The molecule has 100 valence electrons. The largest absolute Gasteiger partial charge is 0.352 e. The lowest BCUT2D eigenvalue weighted by molar-refractivity contribution is 0.615. The van der Waals surface area contributed by atoms with Crippen LogP contribution in [0.25, 0.3) is 0 Å². The second-order valence-corrected chi connectivity index (χ2v) is 6.57. The van der Waals surface area contributed by atoms with Crippen molar-refractivity contribution in [3.05, 3.63) is 17.0 Å². The minimum absolute atomic E-state index is 0.491. The number of hydrogen-bond donors (Lipinski definition) is 0. The summed E-state index contributed by atoms with van der Waals surface area (Å²) in [5.41, 5.74) is 1.10. The van der Waals surface area contributed by atoms with Crippen LogP contribution in [-0.4, -0.2) is 33.6 Å². The van der Waals surface area contributed by atoms with Gasteiger partial charge in [0.25, 0.3) is 0 Å². The predicted molar refractivity (Wildman–Crippen MR) is 79.8 cm³/mol. The van der Waals surface area contributed by atoms with E-state index in [1.54, 1.807) is 6.33 Å². The van der Waals surface area contributed by atoms with Gasteiger partial charge in [0.15, 0.2) is 0 Å². The average Bonchev–Trinajstić information content (AvgIpc) is 2.36. The highest BCUT2D eigenvalue weighted by molar-refractivity contribution is 8.00. The van der Waals surface area contributed by atoms with E-state index >= 15 is 0 Å². The van der Waals surface area contributed by atoms with Crippen LogP contribution in [0.4, 0.5) is 5.82 Å². The lowest BCUT2D eigenvalue weighted by atomic mass is 10.1. The first-order valence-corrected chi connectivity index (χ1v) is 7.95. The summed E-state index contributed by atoms with van der Waals surface area (Å²) in [4.78, 5) is 11.0. The van der Waals surface area contributed by atoms with Crippen LogP contribution >= 0.6 is 23.4 Å². The number of nitrogens with zero attached hydrogens (tertiary/aromatic N) is 3. The zero-order valence-electron chi connectivity index (χ0n) is 11.2. The van der Waals surface area contributed by atoms with E-state index in [1.165, 1.54) is 0 Å². The van der Waals surface area contributed by atoms with E-state index in [0.717, 1.165) is 36.5 Å². The van der Waals surface area contributed by atoms with Crippen LogP contribution in [0.5, 0.6) is 0 Å². The third-order valence-electron chi connectivity index (χ3n) is 3.53. The van der Waals surface area contributed by atoms with Gasteiger partial charge in [-0.3, -0.25) is 0 Å². The van der Waals surface area contributed by atoms with Crippen LogP contribution in [0.15, 0.2) is 6.33 Å². The van der Waals surface area contributed by atoms with Gasteiger partial charge in [-0.15, -0.1) is 0 Å². The fraction of sp³-hybridized carbons (Fsp3) is 0.692. The molecular weight excluding hydrogens is 266 g/mol. The minimum atomic E-state index is 0.491. The van der Waals surface area contributed by atoms with E-state index < -0.39 is 0 Å². The Balaban J connectivity index is 2.34. The van der Waals surface area contributed by atoms with Crippen LogP contribution in [0, 0.1) is 0 Å². The molecule has 0 saturated carbocycles. The third-order valence-corrected chi connectivity index (χ3v) is 5.19. The third kappa shape index (κ3) is 2.75. The van der Waals surface area contributed by atoms with Crippen LogP contribution in [0.1, 0.15) is 32.8 Å². The Bertz CT molecular complexity index is 413. The van der Waals surface area contributed by atoms with Crippen molar-refractivity contribution in [3.8, 4) is 0 Å². The van der Waals surface area contributed by atoms with E-state index in [2.05, 4.69) is 35.6 Å². The summed E-state index contributed by atoms with van der Waals surface area (Å²) in [6, 6.07) is 0.491. The number of rotatable bonds is 3. The molecule has 1 saturated heterocycles. The van der Waals surface area contributed by atoms with Gasteiger partial charge in [-0.05, 0) is 13.3 Å². The molecular formula is C13H20ClN3S. The van der Waals surface area contributed by atoms with Crippen molar-refractivity contribution >= 4 is 29.2 Å². The average molecular weight is 286 g/mol. The monoisotopic (exact) mass is 285 g/mol. The molecule has 1 aromatic heterocycles. The molecule has 2 heterocycles. The maximum absolute atomic E-state index is 6.23. The Hall–Kier alpha value is -0.480. The topological polar surface area (TPSA) is 29.0 Å². The lowest BCUT2D eigenvalue weighted by Crippen LogP contribution is -2.45. The summed E-state index contributed by atoms with van der Waals surface area (Å²) in [5, 5.41) is 1.24. The molecule has 0 amide bonds. The van der Waals surface area contributed by atoms with Crippen molar-refractivity contribution in [1.29, 1.82) is 0 Å². The van der Waals surface area contributed by atoms with Gasteiger partial charge in [0.1, 0.15) is 17.3 Å². The Morgan fingerprint density at radius 2 is 2.22 bits per heavy atom. The fourth-order valence-corrected chi connectivity index (χ4v) is 3.65. The molecule has 0 radical (unpaired) electrons. The summed E-state index contributed by atoms with van der Waals surface area (Å²) >= 11 is 8.26. The smallest absolute Gasteiger partial charge is 0.137 e. The zero-order valence-corrected chi connectivity index (χ0v) is 12.8. The Labute approximate surface area is 118 Å². The molecule has 0 N–H and O–H groups in total. The normalized spacial score (nSPS) is 24.3. The summed E-state index contributed by atoms with van der Waals surface area (Å²) in [6.45, 7) is 7.75. The number of thioether (sulfide) groups is 1. The second-order valence-electron chi connectivity index (χ2n) is 4.73. The summed E-state index contributed by atoms with van der Waals surface area (Å²) in [5.74, 6) is 2.19. The van der Waals surface area contributed by atoms with Crippen LogP contribution < -0.4 is 4.90 Å². The molecule has 1 aromatic rings. The number of aromatic nitrogens is 2. The van der Waals surface area contributed by atoms with Gasteiger partial charge >= 0.3 is 0 Å². The molecule has 1 fully saturated rings. The van der Waals surface area contributed by atoms with Gasteiger partial charge < -0.3 is 4.90 Å². The van der Waals surface area contributed by atoms with Gasteiger partial charge in [0.2, 0.25) is 0 Å². The van der Waals surface area contributed by atoms with Crippen molar-refractivity contribution in [2.75, 3.05) is 17.2 Å². The molecule has 5 heteroatoms. The molecule has 0 bridgehead atoms. The molecule has 1 aliphatic heterocycles. The van der Waals surface area contributed by atoms with Crippen molar-refractivity contribution in [3.63, 3.8) is 0 Å². The molecule has 0 spiro atoms. The molecule has 0 aliphatic carbocycles. The standard InChI is InChI=1S/C13H20ClN3S/c1-4-5-11-12(14)15-8-16-13(11)17-6-7-18-10(3)9(17)2/h8-10H,4-7H2,1-3H3.